The zero-order valence-electron chi connectivity index (χ0n) is 14.0. The van der Waals surface area contributed by atoms with E-state index in [4.69, 9.17) is 0 Å². The second-order valence-corrected chi connectivity index (χ2v) is 5.96. The zero-order chi connectivity index (χ0) is 17.6. The quantitative estimate of drug-likeness (QED) is 0.705. The van der Waals surface area contributed by atoms with E-state index in [1.807, 2.05) is 47.3 Å². The highest BCUT2D eigenvalue weighted by Crippen LogP contribution is 2.14. The van der Waals surface area contributed by atoms with E-state index in [1.54, 1.807) is 25.1 Å². The molecule has 1 amide bonds. The summed E-state index contributed by atoms with van der Waals surface area (Å²) >= 11 is 0. The second kappa shape index (κ2) is 7.71. The summed E-state index contributed by atoms with van der Waals surface area (Å²) in [5.41, 5.74) is 2.61. The average Bonchev–Trinajstić information content (AvgIpc) is 2.64. The van der Waals surface area contributed by atoms with Crippen molar-refractivity contribution >= 4 is 11.6 Å². The van der Waals surface area contributed by atoms with Crippen LogP contribution in [0.3, 0.4) is 0 Å². The van der Waals surface area contributed by atoms with Crippen molar-refractivity contribution in [2.45, 2.75) is 19.4 Å². The van der Waals surface area contributed by atoms with Crippen LogP contribution in [0.1, 0.15) is 24.1 Å². The number of halogens is 1. The van der Waals surface area contributed by atoms with Gasteiger partial charge in [0.1, 0.15) is 5.82 Å². The number of hydrogen-bond donors (Lipinski definition) is 1. The highest BCUT2D eigenvalue weighted by molar-refractivity contribution is 5.92. The van der Waals surface area contributed by atoms with Crippen molar-refractivity contribution in [1.82, 2.24) is 0 Å². The van der Waals surface area contributed by atoms with Crippen LogP contribution in [-0.4, -0.2) is 5.91 Å². The van der Waals surface area contributed by atoms with Gasteiger partial charge in [0.15, 0.2) is 12.4 Å². The number of pyridine rings is 1. The van der Waals surface area contributed by atoms with E-state index in [2.05, 4.69) is 17.4 Å². The first-order valence-corrected chi connectivity index (χ1v) is 8.22. The normalized spacial score (nSPS) is 11.8. The summed E-state index contributed by atoms with van der Waals surface area (Å²) in [5.74, 6) is -0.697. The van der Waals surface area contributed by atoms with Crippen LogP contribution in [0.5, 0.6) is 0 Å². The van der Waals surface area contributed by atoms with Gasteiger partial charge in [-0.1, -0.05) is 42.5 Å². The maximum atomic E-state index is 13.7. The summed E-state index contributed by atoms with van der Waals surface area (Å²) in [6.07, 6.45) is 4.60. The minimum absolute atomic E-state index is 0.195. The first kappa shape index (κ1) is 16.8. The van der Waals surface area contributed by atoms with Crippen LogP contribution in [0.4, 0.5) is 10.1 Å². The minimum atomic E-state index is -0.439. The molecule has 126 valence electrons. The lowest BCUT2D eigenvalue weighted by Gasteiger charge is -2.10. The molecule has 25 heavy (non-hydrogen) atoms. The molecule has 1 N–H and O–H groups in total. The fourth-order valence-corrected chi connectivity index (χ4v) is 2.61. The van der Waals surface area contributed by atoms with Crippen molar-refractivity contribution in [3.05, 3.63) is 96.1 Å². The number of carbonyl (C=O) groups excluding carboxylic acids is 1. The third-order valence-corrected chi connectivity index (χ3v) is 4.13. The Balaban J connectivity index is 1.67. The molecule has 0 saturated carbocycles. The van der Waals surface area contributed by atoms with Gasteiger partial charge in [-0.15, -0.1) is 0 Å². The number of amides is 1. The van der Waals surface area contributed by atoms with E-state index < -0.39 is 11.9 Å². The lowest BCUT2D eigenvalue weighted by atomic mass is 10.1. The number of aromatic nitrogens is 1. The first-order chi connectivity index (χ1) is 12.1. The van der Waals surface area contributed by atoms with Crippen LogP contribution in [0.2, 0.25) is 0 Å². The van der Waals surface area contributed by atoms with Gasteiger partial charge >= 0.3 is 0 Å². The van der Waals surface area contributed by atoms with Crippen LogP contribution in [0.25, 0.3) is 0 Å². The predicted octanol–water partition coefficient (Wildman–Crippen LogP) is 3.90. The molecule has 0 aliphatic carbocycles. The largest absolute Gasteiger partial charge is 0.318 e. The van der Waals surface area contributed by atoms with Crippen molar-refractivity contribution in [1.29, 1.82) is 0 Å². The van der Waals surface area contributed by atoms with Gasteiger partial charge < -0.3 is 5.32 Å². The molecule has 0 bridgehead atoms. The Hall–Kier alpha value is -3.01. The zero-order valence-corrected chi connectivity index (χ0v) is 14.0. The molecule has 0 aliphatic heterocycles. The molecule has 3 nitrogen and oxygen atoms in total. The summed E-state index contributed by atoms with van der Waals surface area (Å²) in [4.78, 5) is 12.3. The number of carbonyl (C=O) groups is 1. The van der Waals surface area contributed by atoms with Crippen LogP contribution in [0, 0.1) is 5.82 Å². The molecule has 0 unspecified atom stereocenters. The summed E-state index contributed by atoms with van der Waals surface area (Å²) < 4.78 is 15.5. The maximum Gasteiger partial charge on any atom is 0.293 e. The van der Waals surface area contributed by atoms with Crippen molar-refractivity contribution in [3.63, 3.8) is 0 Å². The second-order valence-electron chi connectivity index (χ2n) is 5.96. The van der Waals surface area contributed by atoms with E-state index in [-0.39, 0.29) is 11.6 Å². The van der Waals surface area contributed by atoms with Gasteiger partial charge in [0.2, 0.25) is 6.04 Å². The van der Waals surface area contributed by atoms with Gasteiger partial charge in [-0.05, 0) is 29.7 Å². The summed E-state index contributed by atoms with van der Waals surface area (Å²) in [7, 11) is 0. The van der Waals surface area contributed by atoms with Crippen molar-refractivity contribution in [2.24, 2.45) is 0 Å². The summed E-state index contributed by atoms with van der Waals surface area (Å²) in [5, 5.41) is 2.63. The van der Waals surface area contributed by atoms with E-state index in [9.17, 15) is 9.18 Å². The molecule has 3 rings (SSSR count). The average molecular weight is 335 g/mol. The molecule has 0 spiro atoms. The number of para-hydroxylation sites is 1. The number of nitrogens with one attached hydrogen (secondary N) is 1. The van der Waals surface area contributed by atoms with Crippen LogP contribution in [-0.2, 0) is 11.2 Å². The van der Waals surface area contributed by atoms with Gasteiger partial charge in [-0.3, -0.25) is 4.79 Å². The summed E-state index contributed by atoms with van der Waals surface area (Å²) in [6.45, 7) is 1.78. The molecule has 3 aromatic rings. The highest BCUT2D eigenvalue weighted by atomic mass is 19.1. The molecule has 0 saturated heterocycles. The number of benzene rings is 2. The lowest BCUT2D eigenvalue weighted by Crippen LogP contribution is -2.44. The van der Waals surface area contributed by atoms with Crippen LogP contribution in [0.15, 0.2) is 79.1 Å². The lowest BCUT2D eigenvalue weighted by molar-refractivity contribution is -0.705. The number of hydrogen-bond acceptors (Lipinski definition) is 1. The molecule has 0 radical (unpaired) electrons. The monoisotopic (exact) mass is 335 g/mol. The van der Waals surface area contributed by atoms with Gasteiger partial charge in [-0.25, -0.2) is 4.39 Å². The van der Waals surface area contributed by atoms with Crippen molar-refractivity contribution < 1.29 is 13.8 Å². The van der Waals surface area contributed by atoms with Gasteiger partial charge in [0, 0.05) is 19.1 Å². The Labute approximate surface area is 146 Å². The predicted molar refractivity (Wildman–Crippen MR) is 95.6 cm³/mol. The van der Waals surface area contributed by atoms with Gasteiger partial charge in [0.25, 0.3) is 5.91 Å². The maximum absolute atomic E-state index is 13.7. The number of anilines is 1. The summed E-state index contributed by atoms with van der Waals surface area (Å²) in [6, 6.07) is 19.9. The topological polar surface area (TPSA) is 33.0 Å². The molecular weight excluding hydrogens is 315 g/mol. The molecule has 1 atom stereocenters. The third kappa shape index (κ3) is 4.29. The first-order valence-electron chi connectivity index (χ1n) is 8.22. The molecule has 0 fully saturated rings. The SMILES string of the molecule is C[C@@H](C(=O)Nc1ccccc1F)[n+]1ccc(Cc2ccccc2)cc1. The molecule has 4 heteroatoms. The Kier molecular flexibility index (Phi) is 5.19. The van der Waals surface area contributed by atoms with E-state index in [0.717, 1.165) is 6.42 Å². The smallest absolute Gasteiger partial charge is 0.293 e. The Morgan fingerprint density at radius 1 is 0.960 bits per heavy atom. The standard InChI is InChI=1S/C21H19FN2O/c1-16(21(25)23-20-10-6-5-9-19(20)22)24-13-11-18(12-14-24)15-17-7-3-2-4-8-17/h2-14,16H,15H2,1H3/p+1/t16-/m0/s1. The minimum Gasteiger partial charge on any atom is -0.318 e. The fraction of sp³-hybridized carbons (Fsp3) is 0.143. The van der Waals surface area contributed by atoms with Crippen LogP contribution < -0.4 is 9.88 Å². The third-order valence-electron chi connectivity index (χ3n) is 4.13. The highest BCUT2D eigenvalue weighted by Gasteiger charge is 2.22. The Morgan fingerprint density at radius 2 is 1.56 bits per heavy atom. The van der Waals surface area contributed by atoms with Gasteiger partial charge in [-0.2, -0.15) is 4.57 Å². The molecular formula is C21H20FN2O+. The molecule has 0 aliphatic rings. The fourth-order valence-electron chi connectivity index (χ4n) is 2.61. The Morgan fingerprint density at radius 3 is 2.24 bits per heavy atom. The van der Waals surface area contributed by atoms with Gasteiger partial charge in [0.05, 0.1) is 5.69 Å². The number of rotatable bonds is 5. The molecule has 1 heterocycles. The van der Waals surface area contributed by atoms with Crippen molar-refractivity contribution in [3.8, 4) is 0 Å². The van der Waals surface area contributed by atoms with Crippen LogP contribution >= 0.6 is 0 Å². The van der Waals surface area contributed by atoms with E-state index in [1.165, 1.54) is 17.2 Å². The van der Waals surface area contributed by atoms with E-state index >= 15 is 0 Å². The molecule has 2 aromatic carbocycles. The van der Waals surface area contributed by atoms with E-state index in [0.29, 0.717) is 0 Å². The number of nitrogens with zero attached hydrogens (tertiary/aromatic N) is 1. The Bertz CT molecular complexity index is 847. The van der Waals surface area contributed by atoms with Crippen molar-refractivity contribution in [2.75, 3.05) is 5.32 Å². The molecule has 1 aromatic heterocycles.